The van der Waals surface area contributed by atoms with Gasteiger partial charge in [-0.15, -0.1) is 11.3 Å². The summed E-state index contributed by atoms with van der Waals surface area (Å²) in [5, 5.41) is 8.85. The quantitative estimate of drug-likeness (QED) is 0.276. The zero-order chi connectivity index (χ0) is 24.7. The summed E-state index contributed by atoms with van der Waals surface area (Å²) in [5.74, 6) is 5.69. The highest BCUT2D eigenvalue weighted by Gasteiger charge is 2.21. The second kappa shape index (κ2) is 15.9. The lowest BCUT2D eigenvalue weighted by Gasteiger charge is -2.19. The van der Waals surface area contributed by atoms with Crippen molar-refractivity contribution in [3.63, 3.8) is 0 Å². The van der Waals surface area contributed by atoms with E-state index >= 15 is 0 Å². The van der Waals surface area contributed by atoms with E-state index in [1.807, 2.05) is 27.7 Å². The van der Waals surface area contributed by atoms with Crippen LogP contribution < -0.4 is 4.90 Å². The number of carbonyl (C=O) groups excluding carboxylic acids is 2. The number of hydrogen-bond acceptors (Lipinski definition) is 6. The Morgan fingerprint density at radius 2 is 1.85 bits per heavy atom. The molecule has 1 aliphatic carbocycles. The second-order valence-electron chi connectivity index (χ2n) is 9.28. The summed E-state index contributed by atoms with van der Waals surface area (Å²) < 4.78 is 10.5. The summed E-state index contributed by atoms with van der Waals surface area (Å²) in [6, 6.07) is 1.74. The highest BCUT2D eigenvalue weighted by Crippen LogP contribution is 2.30. The summed E-state index contributed by atoms with van der Waals surface area (Å²) in [5.41, 5.74) is 0.310. The van der Waals surface area contributed by atoms with Crippen molar-refractivity contribution in [2.75, 3.05) is 31.8 Å². The predicted molar refractivity (Wildman–Crippen MR) is 135 cm³/mol. The van der Waals surface area contributed by atoms with Crippen LogP contribution in [0.2, 0.25) is 0 Å². The number of amides is 1. The highest BCUT2D eigenvalue weighted by molar-refractivity contribution is 7.15. The van der Waals surface area contributed by atoms with E-state index in [1.54, 1.807) is 6.07 Å². The lowest BCUT2D eigenvalue weighted by Crippen LogP contribution is -2.28. The van der Waals surface area contributed by atoms with Crippen molar-refractivity contribution >= 4 is 29.4 Å². The minimum atomic E-state index is -0.497. The molecule has 0 bridgehead atoms. The first-order chi connectivity index (χ1) is 15.7. The zero-order valence-corrected chi connectivity index (χ0v) is 21.8. The van der Waals surface area contributed by atoms with E-state index in [0.717, 1.165) is 6.42 Å². The fraction of sp³-hybridized carbons (Fsp3) is 0.692. The standard InChI is InChI=1S/C20H29NO5S.C6H12/c1-15(7-6-11-22)26-12-10-21(14-23)17-13-16(8-9-20(2,3)4)27-18(17)19(24)25-5;1-2-4-6-5-3-1/h13-15,22H,6-7,10-12H2,1-5H3;1-6H2. The highest BCUT2D eigenvalue weighted by atomic mass is 32.1. The van der Waals surface area contributed by atoms with Gasteiger partial charge in [-0.25, -0.2) is 4.79 Å². The molecule has 1 amide bonds. The number of esters is 1. The van der Waals surface area contributed by atoms with Crippen molar-refractivity contribution < 1.29 is 24.2 Å². The van der Waals surface area contributed by atoms with Crippen molar-refractivity contribution in [2.24, 2.45) is 5.41 Å². The number of rotatable bonds is 10. The Morgan fingerprint density at radius 3 is 2.33 bits per heavy atom. The molecule has 1 heterocycles. The Balaban J connectivity index is 0.000000779. The molecule has 0 spiro atoms. The van der Waals surface area contributed by atoms with Gasteiger partial charge >= 0.3 is 5.97 Å². The van der Waals surface area contributed by atoms with Crippen LogP contribution in [0.1, 0.15) is 93.6 Å². The maximum absolute atomic E-state index is 12.1. The minimum absolute atomic E-state index is 0.0126. The molecule has 33 heavy (non-hydrogen) atoms. The van der Waals surface area contributed by atoms with Crippen LogP contribution in [0.25, 0.3) is 0 Å². The van der Waals surface area contributed by atoms with Gasteiger partial charge in [0.1, 0.15) is 4.88 Å². The second-order valence-corrected chi connectivity index (χ2v) is 10.3. The maximum Gasteiger partial charge on any atom is 0.350 e. The number of thiophene rings is 1. The number of nitrogens with zero attached hydrogens (tertiary/aromatic N) is 1. The summed E-state index contributed by atoms with van der Waals surface area (Å²) in [6.45, 7) is 8.69. The number of anilines is 1. The van der Waals surface area contributed by atoms with Crippen LogP contribution in [0.4, 0.5) is 5.69 Å². The summed E-state index contributed by atoms with van der Waals surface area (Å²) in [7, 11) is 1.31. The topological polar surface area (TPSA) is 76.1 Å². The van der Waals surface area contributed by atoms with Crippen molar-refractivity contribution in [1.82, 2.24) is 0 Å². The van der Waals surface area contributed by atoms with E-state index in [2.05, 4.69) is 11.8 Å². The lowest BCUT2D eigenvalue weighted by molar-refractivity contribution is -0.107. The van der Waals surface area contributed by atoms with Crippen molar-refractivity contribution in [2.45, 2.75) is 85.2 Å². The molecule has 0 aliphatic heterocycles. The third-order valence-corrected chi connectivity index (χ3v) is 6.10. The average molecular weight is 480 g/mol. The SMILES string of the molecule is C1CCCCC1.COC(=O)c1sc(C#CC(C)(C)C)cc1N(C=O)CCOC(C)CCCO. The summed E-state index contributed by atoms with van der Waals surface area (Å²) in [6.07, 6.45) is 11.1. The van der Waals surface area contributed by atoms with Gasteiger partial charge < -0.3 is 19.5 Å². The fourth-order valence-corrected chi connectivity index (χ4v) is 4.19. The molecular formula is C26H41NO5S. The smallest absolute Gasteiger partial charge is 0.350 e. The predicted octanol–water partition coefficient (Wildman–Crippen LogP) is 5.41. The summed E-state index contributed by atoms with van der Waals surface area (Å²) >= 11 is 1.21. The molecule has 6 nitrogen and oxygen atoms in total. The molecule has 1 unspecified atom stereocenters. The van der Waals surface area contributed by atoms with Crippen LogP contribution in [0, 0.1) is 17.3 Å². The van der Waals surface area contributed by atoms with Gasteiger partial charge in [-0.1, -0.05) is 50.4 Å². The van der Waals surface area contributed by atoms with Gasteiger partial charge in [0, 0.05) is 18.6 Å². The molecule has 1 N–H and O–H groups in total. The molecule has 0 saturated heterocycles. The van der Waals surface area contributed by atoms with E-state index in [9.17, 15) is 9.59 Å². The first kappa shape index (κ1) is 29.2. The van der Waals surface area contributed by atoms with E-state index in [1.165, 1.54) is 61.9 Å². The van der Waals surface area contributed by atoms with Crippen LogP contribution >= 0.6 is 11.3 Å². The van der Waals surface area contributed by atoms with Gasteiger partial charge in [0.25, 0.3) is 0 Å². The maximum atomic E-state index is 12.1. The Labute approximate surface area is 203 Å². The summed E-state index contributed by atoms with van der Waals surface area (Å²) in [4.78, 5) is 26.2. The van der Waals surface area contributed by atoms with E-state index in [4.69, 9.17) is 14.6 Å². The van der Waals surface area contributed by atoms with E-state index < -0.39 is 5.97 Å². The first-order valence-corrected chi connectivity index (χ1v) is 12.7. The molecule has 0 aromatic carbocycles. The Morgan fingerprint density at radius 1 is 1.24 bits per heavy atom. The van der Waals surface area contributed by atoms with Crippen molar-refractivity contribution in [3.8, 4) is 11.8 Å². The largest absolute Gasteiger partial charge is 0.465 e. The number of aliphatic hydroxyl groups excluding tert-OH is 1. The molecule has 1 atom stereocenters. The van der Waals surface area contributed by atoms with E-state index in [-0.39, 0.29) is 18.1 Å². The Bertz CT molecular complexity index is 756. The molecule has 2 rings (SSSR count). The van der Waals surface area contributed by atoms with Crippen LogP contribution in [-0.4, -0.2) is 50.5 Å². The molecular weight excluding hydrogens is 438 g/mol. The molecule has 1 fully saturated rings. The molecule has 1 aromatic rings. The number of ether oxygens (including phenoxy) is 2. The normalized spacial score (nSPS) is 14.2. The molecule has 0 radical (unpaired) electrons. The van der Waals surface area contributed by atoms with Gasteiger partial charge in [0.15, 0.2) is 0 Å². The Kier molecular flexibility index (Phi) is 14.0. The lowest BCUT2D eigenvalue weighted by atomic mass is 9.98. The molecule has 1 aliphatic rings. The average Bonchev–Trinajstić information content (AvgIpc) is 3.24. The van der Waals surface area contributed by atoms with Gasteiger partial charge in [-0.3, -0.25) is 4.79 Å². The number of carbonyl (C=O) groups is 2. The third-order valence-electron chi connectivity index (χ3n) is 5.08. The van der Waals surface area contributed by atoms with Crippen LogP contribution in [0.5, 0.6) is 0 Å². The third kappa shape index (κ3) is 12.2. The van der Waals surface area contributed by atoms with Crippen LogP contribution in [0.3, 0.4) is 0 Å². The molecule has 1 aromatic heterocycles. The molecule has 186 valence electrons. The van der Waals surface area contributed by atoms with E-state index in [0.29, 0.717) is 41.4 Å². The van der Waals surface area contributed by atoms with Gasteiger partial charge in [0.2, 0.25) is 6.41 Å². The van der Waals surface area contributed by atoms with Gasteiger partial charge in [-0.2, -0.15) is 0 Å². The monoisotopic (exact) mass is 479 g/mol. The molecule has 1 saturated carbocycles. The minimum Gasteiger partial charge on any atom is -0.465 e. The Hall–Kier alpha value is -1.88. The zero-order valence-electron chi connectivity index (χ0n) is 20.9. The van der Waals surface area contributed by atoms with Crippen LogP contribution in [-0.2, 0) is 14.3 Å². The van der Waals surface area contributed by atoms with Crippen molar-refractivity contribution in [3.05, 3.63) is 15.8 Å². The number of hydrogen-bond donors (Lipinski definition) is 1. The molecule has 7 heteroatoms. The number of methoxy groups -OCH3 is 1. The fourth-order valence-electron chi connectivity index (χ4n) is 3.25. The van der Waals surface area contributed by atoms with Crippen molar-refractivity contribution in [1.29, 1.82) is 0 Å². The van der Waals surface area contributed by atoms with Gasteiger partial charge in [-0.05, 0) is 46.6 Å². The first-order valence-electron chi connectivity index (χ1n) is 11.9. The van der Waals surface area contributed by atoms with Crippen LogP contribution in [0.15, 0.2) is 6.07 Å². The van der Waals surface area contributed by atoms with Gasteiger partial charge in [0.05, 0.1) is 30.4 Å². The number of aliphatic hydroxyl groups is 1.